The third-order valence-corrected chi connectivity index (χ3v) is 7.75. The Morgan fingerprint density at radius 2 is 0.641 bits per heavy atom. The summed E-state index contributed by atoms with van der Waals surface area (Å²) in [6, 6.07) is 54.1. The summed E-state index contributed by atoms with van der Waals surface area (Å²) in [6.07, 6.45) is 0. The summed E-state index contributed by atoms with van der Waals surface area (Å²) in [7, 11) is 0. The molecule has 0 unspecified atom stereocenters. The van der Waals surface area contributed by atoms with Crippen molar-refractivity contribution in [1.29, 1.82) is 0 Å². The van der Waals surface area contributed by atoms with E-state index in [1.807, 2.05) is 12.1 Å². The molecule has 0 bridgehead atoms. The van der Waals surface area contributed by atoms with E-state index in [4.69, 9.17) is 11.6 Å². The minimum atomic E-state index is 0.746. The second-order valence-corrected chi connectivity index (χ2v) is 10.3. The van der Waals surface area contributed by atoms with Crippen molar-refractivity contribution in [3.63, 3.8) is 0 Å². The lowest BCUT2D eigenvalue weighted by atomic mass is 9.84. The predicted octanol–water partition coefficient (Wildman–Crippen LogP) is 11.3. The van der Waals surface area contributed by atoms with Gasteiger partial charge in [-0.15, -0.1) is 0 Å². The molecule has 0 nitrogen and oxygen atoms in total. The average molecular weight is 517 g/mol. The smallest absolute Gasteiger partial charge is 0.0406 e. The van der Waals surface area contributed by atoms with E-state index < -0.39 is 0 Å². The Balaban J connectivity index is 1.59. The van der Waals surface area contributed by atoms with Gasteiger partial charge in [0, 0.05) is 5.02 Å². The van der Waals surface area contributed by atoms with Crippen molar-refractivity contribution in [3.8, 4) is 44.5 Å². The van der Waals surface area contributed by atoms with Crippen LogP contribution in [0.3, 0.4) is 0 Å². The maximum atomic E-state index is 6.27. The van der Waals surface area contributed by atoms with Gasteiger partial charge in [-0.3, -0.25) is 0 Å². The quantitative estimate of drug-likeness (QED) is 0.204. The Morgan fingerprint density at radius 3 is 1.08 bits per heavy atom. The average Bonchev–Trinajstić information content (AvgIpc) is 3.01. The summed E-state index contributed by atoms with van der Waals surface area (Å²) in [5.41, 5.74) is 9.72. The lowest BCUT2D eigenvalue weighted by molar-refractivity contribution is 1.58. The summed E-state index contributed by atoms with van der Waals surface area (Å²) < 4.78 is 0. The van der Waals surface area contributed by atoms with Crippen LogP contribution in [0, 0.1) is 0 Å². The Hall–Kier alpha value is -4.65. The fraction of sp³-hybridized carbons (Fsp3) is 0. The molecule has 0 aliphatic carbocycles. The Kier molecular flexibility index (Phi) is 5.96. The second-order valence-electron chi connectivity index (χ2n) is 9.88. The summed E-state index contributed by atoms with van der Waals surface area (Å²) in [5, 5.41) is 5.70. The molecule has 0 aliphatic heterocycles. The molecule has 1 heteroatoms. The van der Waals surface area contributed by atoms with Crippen LogP contribution in [0.5, 0.6) is 0 Å². The first-order valence-electron chi connectivity index (χ1n) is 13.2. The lowest BCUT2D eigenvalue weighted by Gasteiger charge is -2.19. The second kappa shape index (κ2) is 9.91. The molecule has 0 atom stereocenters. The fourth-order valence-corrected chi connectivity index (χ4v) is 5.86. The van der Waals surface area contributed by atoms with Crippen LogP contribution >= 0.6 is 11.6 Å². The number of benzene rings is 7. The molecular formula is C38H25Cl. The number of hydrogen-bond donors (Lipinski definition) is 0. The van der Waals surface area contributed by atoms with E-state index >= 15 is 0 Å². The highest BCUT2D eigenvalue weighted by atomic mass is 35.5. The maximum Gasteiger partial charge on any atom is 0.0406 e. The maximum absolute atomic E-state index is 6.27. The molecule has 0 spiro atoms. The molecule has 0 fully saturated rings. The fourth-order valence-electron chi connectivity index (χ4n) is 5.73. The van der Waals surface area contributed by atoms with Crippen LogP contribution in [0.25, 0.3) is 66.1 Å². The standard InChI is InChI=1S/C38H25Cl/c39-32-21-19-28(20-22-32)37-33-15-7-9-17-35(33)38(36-18-10-8-16-34(36)37)31-24-29(26-11-3-1-4-12-26)23-30(25-31)27-13-5-2-6-14-27/h1-25H. The van der Waals surface area contributed by atoms with Gasteiger partial charge < -0.3 is 0 Å². The molecule has 0 radical (unpaired) electrons. The van der Waals surface area contributed by atoms with Gasteiger partial charge >= 0.3 is 0 Å². The molecule has 0 aliphatic rings. The lowest BCUT2D eigenvalue weighted by Crippen LogP contribution is -1.92. The Labute approximate surface area is 233 Å². The molecule has 184 valence electrons. The van der Waals surface area contributed by atoms with Crippen molar-refractivity contribution >= 4 is 33.1 Å². The van der Waals surface area contributed by atoms with Crippen molar-refractivity contribution in [2.24, 2.45) is 0 Å². The molecule has 7 aromatic rings. The van der Waals surface area contributed by atoms with E-state index in [1.165, 1.54) is 66.1 Å². The van der Waals surface area contributed by atoms with Crippen molar-refractivity contribution in [2.75, 3.05) is 0 Å². The van der Waals surface area contributed by atoms with Crippen LogP contribution in [-0.4, -0.2) is 0 Å². The van der Waals surface area contributed by atoms with Crippen molar-refractivity contribution in [3.05, 3.63) is 157 Å². The van der Waals surface area contributed by atoms with E-state index in [2.05, 4.69) is 140 Å². The summed E-state index contributed by atoms with van der Waals surface area (Å²) >= 11 is 6.27. The first kappa shape index (κ1) is 23.5. The zero-order chi connectivity index (χ0) is 26.2. The van der Waals surface area contributed by atoms with Gasteiger partial charge in [0.25, 0.3) is 0 Å². The molecule has 7 aromatic carbocycles. The minimum absolute atomic E-state index is 0.746. The largest absolute Gasteiger partial charge is 0.0843 e. The highest BCUT2D eigenvalue weighted by molar-refractivity contribution is 6.30. The molecular weight excluding hydrogens is 492 g/mol. The van der Waals surface area contributed by atoms with Gasteiger partial charge in [0.1, 0.15) is 0 Å². The third-order valence-electron chi connectivity index (χ3n) is 7.50. The molecule has 0 saturated carbocycles. The van der Waals surface area contributed by atoms with E-state index in [9.17, 15) is 0 Å². The zero-order valence-electron chi connectivity index (χ0n) is 21.3. The van der Waals surface area contributed by atoms with Crippen LogP contribution in [0.15, 0.2) is 152 Å². The van der Waals surface area contributed by atoms with Crippen LogP contribution < -0.4 is 0 Å². The summed E-state index contributed by atoms with van der Waals surface area (Å²) in [5.74, 6) is 0. The van der Waals surface area contributed by atoms with Crippen molar-refractivity contribution < 1.29 is 0 Å². The summed E-state index contributed by atoms with van der Waals surface area (Å²) in [6.45, 7) is 0. The SMILES string of the molecule is Clc1ccc(-c2c3ccccc3c(-c3cc(-c4ccccc4)cc(-c4ccccc4)c3)c3ccccc23)cc1. The number of rotatable bonds is 4. The molecule has 0 N–H and O–H groups in total. The molecule has 0 saturated heterocycles. The molecule has 0 aromatic heterocycles. The number of halogens is 1. The first-order valence-corrected chi connectivity index (χ1v) is 13.6. The van der Waals surface area contributed by atoms with Gasteiger partial charge in [0.05, 0.1) is 0 Å². The molecule has 7 rings (SSSR count). The van der Waals surface area contributed by atoms with Crippen LogP contribution in [0.2, 0.25) is 5.02 Å². The van der Waals surface area contributed by atoms with Crippen LogP contribution in [0.4, 0.5) is 0 Å². The van der Waals surface area contributed by atoms with Gasteiger partial charge in [-0.1, -0.05) is 133 Å². The highest BCUT2D eigenvalue weighted by Gasteiger charge is 2.17. The summed E-state index contributed by atoms with van der Waals surface area (Å²) in [4.78, 5) is 0. The van der Waals surface area contributed by atoms with Gasteiger partial charge in [0.2, 0.25) is 0 Å². The van der Waals surface area contributed by atoms with Crippen molar-refractivity contribution in [2.45, 2.75) is 0 Å². The van der Waals surface area contributed by atoms with E-state index in [0.717, 1.165) is 5.02 Å². The first-order chi connectivity index (χ1) is 19.3. The van der Waals surface area contributed by atoms with Crippen LogP contribution in [-0.2, 0) is 0 Å². The number of hydrogen-bond acceptors (Lipinski definition) is 0. The van der Waals surface area contributed by atoms with Crippen LogP contribution in [0.1, 0.15) is 0 Å². The minimum Gasteiger partial charge on any atom is -0.0843 e. The molecule has 0 amide bonds. The van der Waals surface area contributed by atoms with E-state index in [0.29, 0.717) is 0 Å². The zero-order valence-corrected chi connectivity index (χ0v) is 22.1. The van der Waals surface area contributed by atoms with Crippen molar-refractivity contribution in [1.82, 2.24) is 0 Å². The predicted molar refractivity (Wildman–Crippen MR) is 168 cm³/mol. The van der Waals surface area contributed by atoms with Gasteiger partial charge in [-0.05, 0) is 96.4 Å². The van der Waals surface area contributed by atoms with Gasteiger partial charge in [0.15, 0.2) is 0 Å². The Bertz CT molecular complexity index is 1820. The number of fused-ring (bicyclic) bond motifs is 2. The van der Waals surface area contributed by atoms with E-state index in [1.54, 1.807) is 0 Å². The van der Waals surface area contributed by atoms with Gasteiger partial charge in [-0.2, -0.15) is 0 Å². The molecule has 0 heterocycles. The van der Waals surface area contributed by atoms with Gasteiger partial charge in [-0.25, -0.2) is 0 Å². The monoisotopic (exact) mass is 516 g/mol. The molecule has 39 heavy (non-hydrogen) atoms. The van der Waals surface area contributed by atoms with E-state index in [-0.39, 0.29) is 0 Å². The third kappa shape index (κ3) is 4.30. The topological polar surface area (TPSA) is 0 Å². The highest BCUT2D eigenvalue weighted by Crippen LogP contribution is 2.45. The Morgan fingerprint density at radius 1 is 0.282 bits per heavy atom. The normalized spacial score (nSPS) is 11.2.